The summed E-state index contributed by atoms with van der Waals surface area (Å²) in [6.07, 6.45) is 2.49. The van der Waals surface area contributed by atoms with Crippen molar-refractivity contribution in [2.24, 2.45) is 0 Å². The fourth-order valence-corrected chi connectivity index (χ4v) is 2.39. The first-order chi connectivity index (χ1) is 9.55. The molecule has 0 radical (unpaired) electrons. The largest absolute Gasteiger partial charge is 0.437 e. The average Bonchev–Trinajstić information content (AvgIpc) is 2.41. The molecule has 1 aromatic carbocycles. The molecular weight excluding hydrogens is 252 g/mol. The fraction of sp³-hybridized carbons (Fsp3) is 0.312. The zero-order chi connectivity index (χ0) is 14.2. The van der Waals surface area contributed by atoms with Gasteiger partial charge in [0.25, 0.3) is 0 Å². The van der Waals surface area contributed by atoms with E-state index >= 15 is 0 Å². The number of pyridine rings is 1. The molecule has 4 nitrogen and oxygen atoms in total. The third kappa shape index (κ3) is 2.47. The molecule has 2 aromatic rings. The molecule has 3 rings (SSSR count). The highest BCUT2D eigenvalue weighted by Gasteiger charge is 2.28. The first-order valence-electron chi connectivity index (χ1n) is 6.68. The molecule has 0 saturated heterocycles. The summed E-state index contributed by atoms with van der Waals surface area (Å²) >= 11 is 0. The maximum atomic E-state index is 5.91. The Balaban J connectivity index is 1.97. The van der Waals surface area contributed by atoms with E-state index in [1.807, 2.05) is 12.1 Å². The van der Waals surface area contributed by atoms with Gasteiger partial charge in [0.05, 0.1) is 17.9 Å². The van der Waals surface area contributed by atoms with Crippen LogP contribution in [0, 0.1) is 0 Å². The Labute approximate surface area is 118 Å². The lowest BCUT2D eigenvalue weighted by atomic mass is 9.91. The van der Waals surface area contributed by atoms with E-state index in [4.69, 9.17) is 15.2 Å². The Kier molecular flexibility index (Phi) is 3.10. The van der Waals surface area contributed by atoms with Crippen molar-refractivity contribution in [3.8, 4) is 11.6 Å². The minimum atomic E-state index is -0.178. The van der Waals surface area contributed by atoms with Crippen LogP contribution in [0.2, 0.25) is 0 Å². The summed E-state index contributed by atoms with van der Waals surface area (Å²) in [7, 11) is 0. The zero-order valence-electron chi connectivity index (χ0n) is 11.7. The summed E-state index contributed by atoms with van der Waals surface area (Å²) in [6, 6.07) is 9.56. The molecule has 0 bridgehead atoms. The number of nitrogens with zero attached hydrogens (tertiary/aromatic N) is 1. The first kappa shape index (κ1) is 12.9. The van der Waals surface area contributed by atoms with Crippen molar-refractivity contribution in [1.29, 1.82) is 0 Å². The lowest BCUT2D eigenvalue weighted by Crippen LogP contribution is -2.32. The number of benzene rings is 1. The van der Waals surface area contributed by atoms with Crippen molar-refractivity contribution >= 4 is 5.69 Å². The number of fused-ring (bicyclic) bond motifs is 1. The fourth-order valence-electron chi connectivity index (χ4n) is 2.39. The Morgan fingerprint density at radius 3 is 2.90 bits per heavy atom. The van der Waals surface area contributed by atoms with E-state index in [2.05, 4.69) is 24.9 Å². The zero-order valence-corrected chi connectivity index (χ0v) is 11.7. The van der Waals surface area contributed by atoms with Gasteiger partial charge in [-0.1, -0.05) is 12.1 Å². The quantitative estimate of drug-likeness (QED) is 0.909. The van der Waals surface area contributed by atoms with Gasteiger partial charge in [0.15, 0.2) is 0 Å². The molecular formula is C16H18N2O2. The molecule has 0 atom stereocenters. The second-order valence-electron chi connectivity index (χ2n) is 5.62. The van der Waals surface area contributed by atoms with Gasteiger partial charge >= 0.3 is 0 Å². The van der Waals surface area contributed by atoms with Crippen molar-refractivity contribution in [3.63, 3.8) is 0 Å². The average molecular weight is 270 g/mol. The molecule has 1 aromatic heterocycles. The SMILES string of the molecule is CC1(C)Cc2c(cccc2Oc2ncccc2N)CO1. The van der Waals surface area contributed by atoms with E-state index in [1.54, 1.807) is 18.3 Å². The van der Waals surface area contributed by atoms with Crippen LogP contribution in [-0.4, -0.2) is 10.6 Å². The maximum Gasteiger partial charge on any atom is 0.242 e. The smallest absolute Gasteiger partial charge is 0.242 e. The Morgan fingerprint density at radius 1 is 1.25 bits per heavy atom. The van der Waals surface area contributed by atoms with E-state index in [0.717, 1.165) is 17.7 Å². The van der Waals surface area contributed by atoms with E-state index in [9.17, 15) is 0 Å². The van der Waals surface area contributed by atoms with Crippen LogP contribution in [0.1, 0.15) is 25.0 Å². The summed E-state index contributed by atoms with van der Waals surface area (Å²) in [5.41, 5.74) is 8.58. The van der Waals surface area contributed by atoms with Crippen LogP contribution in [0.5, 0.6) is 11.6 Å². The number of hydrogen-bond acceptors (Lipinski definition) is 4. The van der Waals surface area contributed by atoms with Crippen LogP contribution in [0.25, 0.3) is 0 Å². The highest BCUT2D eigenvalue weighted by Crippen LogP contribution is 2.36. The van der Waals surface area contributed by atoms with Gasteiger partial charge in [-0.3, -0.25) is 0 Å². The van der Waals surface area contributed by atoms with Crippen LogP contribution >= 0.6 is 0 Å². The van der Waals surface area contributed by atoms with Gasteiger partial charge in [-0.25, -0.2) is 4.98 Å². The molecule has 1 aliphatic rings. The molecule has 0 amide bonds. The van der Waals surface area contributed by atoms with Gasteiger partial charge in [0.1, 0.15) is 5.75 Å². The number of nitrogen functional groups attached to an aromatic ring is 1. The van der Waals surface area contributed by atoms with Gasteiger partial charge in [-0.05, 0) is 37.6 Å². The summed E-state index contributed by atoms with van der Waals surface area (Å²) in [4.78, 5) is 4.18. The third-order valence-corrected chi connectivity index (χ3v) is 3.46. The summed E-state index contributed by atoms with van der Waals surface area (Å²) in [6.45, 7) is 4.78. The number of anilines is 1. The molecule has 4 heteroatoms. The Hall–Kier alpha value is -2.07. The van der Waals surface area contributed by atoms with E-state index in [0.29, 0.717) is 18.2 Å². The van der Waals surface area contributed by atoms with Crippen molar-refractivity contribution < 1.29 is 9.47 Å². The van der Waals surface area contributed by atoms with Gasteiger partial charge < -0.3 is 15.2 Å². The van der Waals surface area contributed by atoms with Crippen molar-refractivity contribution in [2.45, 2.75) is 32.5 Å². The normalized spacial score (nSPS) is 16.5. The van der Waals surface area contributed by atoms with Crippen molar-refractivity contribution in [2.75, 3.05) is 5.73 Å². The molecule has 104 valence electrons. The molecule has 20 heavy (non-hydrogen) atoms. The maximum absolute atomic E-state index is 5.91. The molecule has 0 fully saturated rings. The second kappa shape index (κ2) is 4.80. The van der Waals surface area contributed by atoms with Crippen molar-refractivity contribution in [3.05, 3.63) is 47.7 Å². The van der Waals surface area contributed by atoms with E-state index < -0.39 is 0 Å². The topological polar surface area (TPSA) is 57.4 Å². The highest BCUT2D eigenvalue weighted by molar-refractivity contribution is 5.51. The number of ether oxygens (including phenoxy) is 2. The van der Waals surface area contributed by atoms with Crippen LogP contribution < -0.4 is 10.5 Å². The third-order valence-electron chi connectivity index (χ3n) is 3.46. The summed E-state index contributed by atoms with van der Waals surface area (Å²) in [5, 5.41) is 0. The van der Waals surface area contributed by atoms with Gasteiger partial charge in [-0.15, -0.1) is 0 Å². The second-order valence-corrected chi connectivity index (χ2v) is 5.62. The van der Waals surface area contributed by atoms with E-state index in [1.165, 1.54) is 5.56 Å². The molecule has 0 spiro atoms. The Morgan fingerprint density at radius 2 is 2.10 bits per heavy atom. The molecule has 0 aliphatic carbocycles. The van der Waals surface area contributed by atoms with E-state index in [-0.39, 0.29) is 5.60 Å². The van der Waals surface area contributed by atoms with Crippen LogP contribution in [0.4, 0.5) is 5.69 Å². The van der Waals surface area contributed by atoms with Crippen LogP contribution in [0.3, 0.4) is 0 Å². The predicted molar refractivity (Wildman–Crippen MR) is 77.7 cm³/mol. The lowest BCUT2D eigenvalue weighted by Gasteiger charge is -2.32. The van der Waals surface area contributed by atoms with Gasteiger partial charge in [-0.2, -0.15) is 0 Å². The lowest BCUT2D eigenvalue weighted by molar-refractivity contribution is -0.0405. The standard InChI is InChI=1S/C16H18N2O2/c1-16(2)9-12-11(10-19-16)5-3-7-14(12)20-15-13(17)6-4-8-18-15/h3-8H,9-10,17H2,1-2H3. The Bertz CT molecular complexity index is 638. The van der Waals surface area contributed by atoms with Gasteiger partial charge in [0, 0.05) is 18.2 Å². The minimum Gasteiger partial charge on any atom is -0.437 e. The predicted octanol–water partition coefficient (Wildman–Crippen LogP) is 3.31. The number of nitrogens with two attached hydrogens (primary N) is 1. The first-order valence-corrected chi connectivity index (χ1v) is 6.68. The minimum absolute atomic E-state index is 0.178. The number of rotatable bonds is 2. The van der Waals surface area contributed by atoms with Crippen LogP contribution in [-0.2, 0) is 17.8 Å². The summed E-state index contributed by atoms with van der Waals surface area (Å²) in [5.74, 6) is 1.26. The van der Waals surface area contributed by atoms with Crippen molar-refractivity contribution in [1.82, 2.24) is 4.98 Å². The molecule has 1 aliphatic heterocycles. The number of hydrogen-bond donors (Lipinski definition) is 1. The molecule has 2 heterocycles. The molecule has 0 saturated carbocycles. The number of aromatic nitrogens is 1. The highest BCUT2D eigenvalue weighted by atomic mass is 16.5. The van der Waals surface area contributed by atoms with Gasteiger partial charge in [0.2, 0.25) is 5.88 Å². The summed E-state index contributed by atoms with van der Waals surface area (Å²) < 4.78 is 11.7. The molecule has 0 unspecified atom stereocenters. The molecule has 2 N–H and O–H groups in total. The van der Waals surface area contributed by atoms with Crippen LogP contribution in [0.15, 0.2) is 36.5 Å². The monoisotopic (exact) mass is 270 g/mol.